The molecule has 0 heterocycles. The van der Waals surface area contributed by atoms with Crippen LogP contribution in [0.3, 0.4) is 0 Å². The predicted octanol–water partition coefficient (Wildman–Crippen LogP) is 3.13. The van der Waals surface area contributed by atoms with Crippen molar-refractivity contribution in [2.24, 2.45) is 0 Å². The number of thioether (sulfide) groups is 1. The van der Waals surface area contributed by atoms with Crippen LogP contribution in [0.15, 0.2) is 23.1 Å². The van der Waals surface area contributed by atoms with Crippen LogP contribution in [0.4, 0.5) is 0 Å². The summed E-state index contributed by atoms with van der Waals surface area (Å²) in [6.07, 6.45) is 1.99. The SMILES string of the molecule is COC(=O)c1cc(SC)ccc1CI. The Hall–Kier alpha value is -0.230. The van der Waals surface area contributed by atoms with Gasteiger partial charge in [0.05, 0.1) is 12.7 Å². The molecule has 1 rings (SSSR count). The summed E-state index contributed by atoms with van der Waals surface area (Å²) in [5.41, 5.74) is 1.70. The molecule has 1 aromatic carbocycles. The van der Waals surface area contributed by atoms with Gasteiger partial charge in [0.15, 0.2) is 0 Å². The highest BCUT2D eigenvalue weighted by Crippen LogP contribution is 2.21. The third-order valence-electron chi connectivity index (χ3n) is 1.87. The van der Waals surface area contributed by atoms with E-state index in [2.05, 4.69) is 22.6 Å². The first-order valence-electron chi connectivity index (χ1n) is 4.04. The zero-order chi connectivity index (χ0) is 10.6. The fourth-order valence-electron chi connectivity index (χ4n) is 1.10. The van der Waals surface area contributed by atoms with Crippen LogP contribution in [0.25, 0.3) is 0 Å². The van der Waals surface area contributed by atoms with Gasteiger partial charge in [0, 0.05) is 9.32 Å². The molecule has 0 aliphatic rings. The van der Waals surface area contributed by atoms with Crippen molar-refractivity contribution in [1.29, 1.82) is 0 Å². The standard InChI is InChI=1S/C10H11IO2S/c1-13-10(12)9-5-8(14-2)4-3-7(9)6-11/h3-5H,6H2,1-2H3. The lowest BCUT2D eigenvalue weighted by molar-refractivity contribution is 0.0599. The van der Waals surface area contributed by atoms with Crippen molar-refractivity contribution in [3.63, 3.8) is 0 Å². The Bertz CT molecular complexity index is 339. The second-order valence-electron chi connectivity index (χ2n) is 2.65. The van der Waals surface area contributed by atoms with Crippen LogP contribution in [-0.4, -0.2) is 19.3 Å². The number of hydrogen-bond donors (Lipinski definition) is 0. The maximum Gasteiger partial charge on any atom is 0.338 e. The Kier molecular flexibility index (Phi) is 4.74. The van der Waals surface area contributed by atoms with Gasteiger partial charge in [-0.3, -0.25) is 0 Å². The first-order chi connectivity index (χ1) is 6.72. The van der Waals surface area contributed by atoms with E-state index in [-0.39, 0.29) is 5.97 Å². The van der Waals surface area contributed by atoms with E-state index in [4.69, 9.17) is 4.74 Å². The zero-order valence-electron chi connectivity index (χ0n) is 8.04. The van der Waals surface area contributed by atoms with Crippen molar-refractivity contribution in [2.45, 2.75) is 9.32 Å². The molecule has 0 aliphatic heterocycles. The van der Waals surface area contributed by atoms with Gasteiger partial charge in [-0.1, -0.05) is 28.7 Å². The summed E-state index contributed by atoms with van der Waals surface area (Å²) in [6.45, 7) is 0. The summed E-state index contributed by atoms with van der Waals surface area (Å²) in [7, 11) is 1.41. The number of carbonyl (C=O) groups is 1. The van der Waals surface area contributed by atoms with E-state index in [9.17, 15) is 4.79 Å². The Morgan fingerprint density at radius 2 is 2.29 bits per heavy atom. The summed E-state index contributed by atoms with van der Waals surface area (Å²) < 4.78 is 5.54. The van der Waals surface area contributed by atoms with Crippen LogP contribution in [-0.2, 0) is 9.16 Å². The molecule has 0 radical (unpaired) electrons. The molecule has 0 amide bonds. The van der Waals surface area contributed by atoms with Crippen molar-refractivity contribution < 1.29 is 9.53 Å². The molecule has 0 saturated carbocycles. The molecule has 0 N–H and O–H groups in total. The number of hydrogen-bond acceptors (Lipinski definition) is 3. The molecule has 0 atom stereocenters. The first-order valence-corrected chi connectivity index (χ1v) is 6.79. The minimum atomic E-state index is -0.257. The normalized spacial score (nSPS) is 9.93. The number of ether oxygens (including phenoxy) is 1. The van der Waals surface area contributed by atoms with E-state index >= 15 is 0 Å². The lowest BCUT2D eigenvalue weighted by atomic mass is 10.1. The van der Waals surface area contributed by atoms with Crippen LogP contribution in [0.2, 0.25) is 0 Å². The molecule has 0 aromatic heterocycles. The van der Waals surface area contributed by atoms with Gasteiger partial charge in [0.1, 0.15) is 0 Å². The molecule has 0 saturated heterocycles. The molecule has 2 nitrogen and oxygen atoms in total. The van der Waals surface area contributed by atoms with E-state index in [0.29, 0.717) is 5.56 Å². The van der Waals surface area contributed by atoms with Gasteiger partial charge in [-0.15, -0.1) is 11.8 Å². The summed E-state index contributed by atoms with van der Waals surface area (Å²) in [5.74, 6) is -0.257. The van der Waals surface area contributed by atoms with Crippen LogP contribution >= 0.6 is 34.4 Å². The molecule has 1 aromatic rings. The zero-order valence-corrected chi connectivity index (χ0v) is 11.0. The molecule has 0 aliphatic carbocycles. The second-order valence-corrected chi connectivity index (χ2v) is 4.29. The quantitative estimate of drug-likeness (QED) is 0.370. The Morgan fingerprint density at radius 1 is 1.57 bits per heavy atom. The fourth-order valence-corrected chi connectivity index (χ4v) is 2.20. The Labute approximate surface area is 102 Å². The predicted molar refractivity (Wildman–Crippen MR) is 67.3 cm³/mol. The topological polar surface area (TPSA) is 26.3 Å². The fraction of sp³-hybridized carbons (Fsp3) is 0.300. The minimum absolute atomic E-state index is 0.257. The van der Waals surface area contributed by atoms with Gasteiger partial charge in [-0.05, 0) is 24.0 Å². The summed E-state index contributed by atoms with van der Waals surface area (Å²) in [5, 5.41) is 0. The average molecular weight is 322 g/mol. The molecule has 0 fully saturated rings. The summed E-state index contributed by atoms with van der Waals surface area (Å²) in [4.78, 5) is 12.5. The van der Waals surface area contributed by atoms with Crippen LogP contribution in [0, 0.1) is 0 Å². The number of carbonyl (C=O) groups excluding carboxylic acids is 1. The monoisotopic (exact) mass is 322 g/mol. The molecule has 14 heavy (non-hydrogen) atoms. The average Bonchev–Trinajstić information content (AvgIpc) is 2.27. The summed E-state index contributed by atoms with van der Waals surface area (Å²) >= 11 is 3.86. The van der Waals surface area contributed by atoms with Gasteiger partial charge >= 0.3 is 5.97 Å². The van der Waals surface area contributed by atoms with E-state index in [1.54, 1.807) is 11.8 Å². The van der Waals surface area contributed by atoms with E-state index in [1.165, 1.54) is 7.11 Å². The first kappa shape index (κ1) is 11.8. The second kappa shape index (κ2) is 5.60. The van der Waals surface area contributed by atoms with E-state index < -0.39 is 0 Å². The van der Waals surface area contributed by atoms with E-state index in [0.717, 1.165) is 14.9 Å². The van der Waals surface area contributed by atoms with Crippen molar-refractivity contribution in [3.05, 3.63) is 29.3 Å². The van der Waals surface area contributed by atoms with Crippen LogP contribution in [0.5, 0.6) is 0 Å². The molecular formula is C10H11IO2S. The number of alkyl halides is 1. The Balaban J connectivity index is 3.14. The maximum atomic E-state index is 11.4. The third-order valence-corrected chi connectivity index (χ3v) is 3.41. The smallest absolute Gasteiger partial charge is 0.338 e. The van der Waals surface area contributed by atoms with Crippen molar-refractivity contribution >= 4 is 40.3 Å². The lowest BCUT2D eigenvalue weighted by Crippen LogP contribution is -2.04. The van der Waals surface area contributed by atoms with Crippen LogP contribution in [0.1, 0.15) is 15.9 Å². The number of benzene rings is 1. The van der Waals surface area contributed by atoms with Gasteiger partial charge < -0.3 is 4.74 Å². The molecule has 4 heteroatoms. The van der Waals surface area contributed by atoms with Gasteiger partial charge in [-0.25, -0.2) is 4.79 Å². The summed E-state index contributed by atoms with van der Waals surface area (Å²) in [6, 6.07) is 5.88. The number of rotatable bonds is 3. The van der Waals surface area contributed by atoms with E-state index in [1.807, 2.05) is 24.5 Å². The highest BCUT2D eigenvalue weighted by Gasteiger charge is 2.11. The maximum absolute atomic E-state index is 11.4. The molecule has 76 valence electrons. The number of halogens is 1. The Morgan fingerprint density at radius 3 is 2.79 bits per heavy atom. The number of methoxy groups -OCH3 is 1. The minimum Gasteiger partial charge on any atom is -0.465 e. The molecule has 0 bridgehead atoms. The molecule has 0 unspecified atom stereocenters. The van der Waals surface area contributed by atoms with Crippen molar-refractivity contribution in [3.8, 4) is 0 Å². The van der Waals surface area contributed by atoms with Gasteiger partial charge in [-0.2, -0.15) is 0 Å². The van der Waals surface area contributed by atoms with Gasteiger partial charge in [0.25, 0.3) is 0 Å². The highest BCUT2D eigenvalue weighted by molar-refractivity contribution is 14.1. The van der Waals surface area contributed by atoms with Crippen LogP contribution < -0.4 is 0 Å². The van der Waals surface area contributed by atoms with Crippen molar-refractivity contribution in [1.82, 2.24) is 0 Å². The highest BCUT2D eigenvalue weighted by atomic mass is 127. The number of esters is 1. The van der Waals surface area contributed by atoms with Crippen molar-refractivity contribution in [2.75, 3.05) is 13.4 Å². The molecule has 0 spiro atoms. The lowest BCUT2D eigenvalue weighted by Gasteiger charge is -2.06. The largest absolute Gasteiger partial charge is 0.465 e. The third kappa shape index (κ3) is 2.63. The van der Waals surface area contributed by atoms with Gasteiger partial charge in [0.2, 0.25) is 0 Å². The molecular weight excluding hydrogens is 311 g/mol.